The molecule has 7 aromatic heterocycles. The quantitative estimate of drug-likeness (QED) is 0.0204. The molecule has 38 nitrogen and oxygen atoms in total. The van der Waals surface area contributed by atoms with Crippen molar-refractivity contribution in [1.29, 1.82) is 0 Å². The summed E-state index contributed by atoms with van der Waals surface area (Å²) in [6.45, 7) is 12.7. The third-order valence-electron chi connectivity index (χ3n) is 18.3. The second kappa shape index (κ2) is 46.0. The monoisotopic (exact) mass is 1700 g/mol. The summed E-state index contributed by atoms with van der Waals surface area (Å²) >= 11 is 7.92. The second-order valence-electron chi connectivity index (χ2n) is 27.4. The van der Waals surface area contributed by atoms with E-state index in [-0.39, 0.29) is 111 Å². The molecule has 0 unspecified atom stereocenters. The molecular formula is C80H101ClN20O18S. The molecule has 9 N–H and O–H groups in total. The summed E-state index contributed by atoms with van der Waals surface area (Å²) in [5.74, 6) is -1.85. The Hall–Kier alpha value is -11.8. The highest BCUT2D eigenvalue weighted by atomic mass is 35.5. The minimum absolute atomic E-state index is 0.0205. The van der Waals surface area contributed by atoms with Crippen molar-refractivity contribution in [1.82, 2.24) is 68.8 Å². The lowest BCUT2D eigenvalue weighted by atomic mass is 9.99. The Bertz CT molecular complexity index is 5020. The highest BCUT2D eigenvalue weighted by molar-refractivity contribution is 7.15. The van der Waals surface area contributed by atoms with Gasteiger partial charge in [0, 0.05) is 151 Å². The molecule has 0 bridgehead atoms. The van der Waals surface area contributed by atoms with Crippen LogP contribution in [-0.2, 0) is 92.3 Å². The fourth-order valence-electron chi connectivity index (χ4n) is 12.2. The van der Waals surface area contributed by atoms with Crippen LogP contribution in [-0.4, -0.2) is 245 Å². The first-order valence-corrected chi connectivity index (χ1v) is 40.0. The Balaban J connectivity index is 0.469. The number of hydrogen-bond donors (Lipinski definition) is 9. The Morgan fingerprint density at radius 1 is 0.458 bits per heavy atom. The van der Waals surface area contributed by atoms with Crippen molar-refractivity contribution in [2.45, 2.75) is 52.5 Å². The molecule has 0 fully saturated rings. The second-order valence-corrected chi connectivity index (χ2v) is 29.0. The summed E-state index contributed by atoms with van der Waals surface area (Å²) in [5.41, 5.74) is 6.01. The van der Waals surface area contributed by atoms with Gasteiger partial charge in [0.25, 0.3) is 29.5 Å². The van der Waals surface area contributed by atoms with Gasteiger partial charge >= 0.3 is 0 Å². The number of thiophene rings is 1. The van der Waals surface area contributed by atoms with E-state index in [4.69, 9.17) is 59.2 Å². The molecule has 1 atom stereocenters. The van der Waals surface area contributed by atoms with E-state index in [1.54, 1.807) is 81.9 Å². The lowest BCUT2D eigenvalue weighted by molar-refractivity contribution is -0.121. The van der Waals surface area contributed by atoms with Crippen molar-refractivity contribution in [3.05, 3.63) is 171 Å². The van der Waals surface area contributed by atoms with E-state index in [1.807, 2.05) is 47.9 Å². The molecule has 0 aliphatic carbocycles. The van der Waals surface area contributed by atoms with Gasteiger partial charge in [-0.05, 0) is 68.8 Å². The first-order chi connectivity index (χ1) is 58.0. The van der Waals surface area contributed by atoms with Crippen molar-refractivity contribution >= 4 is 110 Å². The van der Waals surface area contributed by atoms with Gasteiger partial charge in [0.1, 0.15) is 46.3 Å². The Morgan fingerprint density at radius 2 is 0.933 bits per heavy atom. The first kappa shape index (κ1) is 90.5. The minimum Gasteiger partial charge on any atom is -0.491 e. The molecule has 0 radical (unpaired) electrons. The zero-order chi connectivity index (χ0) is 85.5. The summed E-state index contributed by atoms with van der Waals surface area (Å²) in [6.07, 6.45) is 9.04. The van der Waals surface area contributed by atoms with Gasteiger partial charge in [0.15, 0.2) is 17.5 Å². The van der Waals surface area contributed by atoms with E-state index in [9.17, 15) is 43.2 Å². The molecule has 0 spiro atoms. The fraction of sp³-hybridized carbons (Fsp3) is 0.425. The number of carbonyl (C=O) groups is 9. The topological polar surface area (TPSA) is 438 Å². The maximum absolute atomic E-state index is 13.7. The van der Waals surface area contributed by atoms with E-state index in [0.29, 0.717) is 145 Å². The van der Waals surface area contributed by atoms with Crippen LogP contribution in [0.2, 0.25) is 5.02 Å². The molecule has 120 heavy (non-hydrogen) atoms. The zero-order valence-corrected chi connectivity index (χ0v) is 69.7. The maximum Gasteiger partial charge on any atom is 0.291 e. The number of amides is 9. The van der Waals surface area contributed by atoms with Gasteiger partial charge in [-0.3, -0.25) is 52.7 Å². The summed E-state index contributed by atoms with van der Waals surface area (Å²) in [6, 6.07) is 18.6. The van der Waals surface area contributed by atoms with Gasteiger partial charge in [-0.2, -0.15) is 0 Å². The number of anilines is 5. The van der Waals surface area contributed by atoms with Crippen molar-refractivity contribution in [3.63, 3.8) is 0 Å². The third-order valence-corrected chi connectivity index (χ3v) is 19.8. The van der Waals surface area contributed by atoms with Crippen LogP contribution in [0.15, 0.2) is 109 Å². The fourth-order valence-corrected chi connectivity index (χ4v) is 13.6. The average Bonchev–Trinajstić information content (AvgIpc) is 1.59. The Morgan fingerprint density at radius 3 is 1.45 bits per heavy atom. The molecule has 2 aromatic carbocycles. The lowest BCUT2D eigenvalue weighted by Gasteiger charge is -2.14. The van der Waals surface area contributed by atoms with Crippen LogP contribution in [0, 0.1) is 20.8 Å². The van der Waals surface area contributed by atoms with Gasteiger partial charge in [0.05, 0.1) is 135 Å². The molecule has 0 saturated carbocycles. The van der Waals surface area contributed by atoms with Crippen molar-refractivity contribution in [2.75, 3.05) is 165 Å². The number of ether oxygens (including phenoxy) is 9. The largest absolute Gasteiger partial charge is 0.491 e. The number of aliphatic imine (C=N–C) groups is 1. The van der Waals surface area contributed by atoms with Gasteiger partial charge in [-0.25, -0.2) is 9.97 Å². The van der Waals surface area contributed by atoms with Crippen LogP contribution in [0.4, 0.5) is 28.6 Å². The number of nitrogens with one attached hydrogen (secondary N) is 9. The zero-order valence-electron chi connectivity index (χ0n) is 68.1. The number of carbonyl (C=O) groups excluding carboxylic acids is 9. The standard InChI is InChI=1S/C80H101ClN20O18S/c1-51-52(2)120-80-70(51)71(54-12-14-55(81)15-13-54)91-61(72-95-94-53(3)101(72)80)46-69(105)87-56-10-9-11-60(42-56)119-41-40-118-39-38-117-37-36-116-35-34-115-33-32-114-31-30-113-29-28-112-27-26-111-25-23-82-66(102)16-19-84-75(106)62-43-57(47-97(62)5)88-67(103)17-20-85-76(107)64-45-59(49-99(64)7)90-79(110)74-93-65(50-100(74)8)92-68(104)18-21-86-77(108)63-44-58(48-98(63)6)89-78(109)73-83-22-24-96(73)4/h9-15,22,24,42-45,47-50,61H,16-21,23,25-41,46H2,1-8H3,(H,82,102)(H,84,106)(H,85,107)(H,86,108)(H,87,105)(H,88,103)(H,89,109)(H,90,110)(H,92,104)/t61-/m0/s1. The molecule has 9 aromatic rings. The van der Waals surface area contributed by atoms with E-state index in [2.05, 4.69) is 81.9 Å². The predicted octanol–water partition coefficient (Wildman–Crippen LogP) is 5.78. The molecule has 1 aliphatic rings. The average molecular weight is 1700 g/mol. The SMILES string of the molecule is Cc1sc2c(c1C)C(c1ccc(Cl)cc1)=N[C@@H](CC(=O)Nc1cccc(OCCOCCOCCOCCOCCOCCOCCOCCOCCNC(=O)CCNC(=O)c3cc(NC(=O)CCNC(=O)c4cc(NC(=O)c5nc(NC(=O)CCNC(=O)c6cc(NC(=O)c7nccn7C)cn6C)cn5C)cn4C)cn3C)c1)c1nnc(C)n1-2. The molecule has 1 aliphatic heterocycles. The summed E-state index contributed by atoms with van der Waals surface area (Å²) in [7, 11) is 8.12. The van der Waals surface area contributed by atoms with E-state index in [0.717, 1.165) is 32.3 Å². The number of rotatable bonds is 50. The molecule has 0 saturated heterocycles. The number of fused-ring (bicyclic) bond motifs is 3. The molecule has 8 heterocycles. The smallest absolute Gasteiger partial charge is 0.291 e. The summed E-state index contributed by atoms with van der Waals surface area (Å²) < 4.78 is 60.1. The Labute approximate surface area is 701 Å². The predicted molar refractivity (Wildman–Crippen MR) is 445 cm³/mol. The number of aromatic nitrogens is 10. The number of hydrogen-bond acceptors (Lipinski definition) is 24. The van der Waals surface area contributed by atoms with Crippen LogP contribution < -0.4 is 52.6 Å². The van der Waals surface area contributed by atoms with Gasteiger partial charge in [-0.1, -0.05) is 29.8 Å². The summed E-state index contributed by atoms with van der Waals surface area (Å²) in [4.78, 5) is 131. The van der Waals surface area contributed by atoms with Gasteiger partial charge in [-0.15, -0.1) is 21.5 Å². The number of nitrogens with zero attached hydrogens (tertiary/aromatic N) is 11. The van der Waals surface area contributed by atoms with E-state index >= 15 is 0 Å². The normalized spacial score (nSPS) is 12.2. The molecular weight excluding hydrogens is 1600 g/mol. The molecule has 10 rings (SSSR count). The van der Waals surface area contributed by atoms with Crippen molar-refractivity contribution in [3.8, 4) is 10.8 Å². The number of imidazole rings is 2. The highest BCUT2D eigenvalue weighted by Gasteiger charge is 2.33. The Kier molecular flexibility index (Phi) is 34.7. The van der Waals surface area contributed by atoms with Crippen LogP contribution >= 0.6 is 22.9 Å². The lowest BCUT2D eigenvalue weighted by Crippen LogP contribution is -2.33. The van der Waals surface area contributed by atoms with Crippen molar-refractivity contribution < 1.29 is 85.8 Å². The van der Waals surface area contributed by atoms with Gasteiger partial charge < -0.3 is 113 Å². The third kappa shape index (κ3) is 27.1. The van der Waals surface area contributed by atoms with E-state index < -0.39 is 47.4 Å². The van der Waals surface area contributed by atoms with Gasteiger partial charge in [0.2, 0.25) is 29.5 Å². The molecule has 40 heteroatoms. The highest BCUT2D eigenvalue weighted by Crippen LogP contribution is 2.40. The minimum atomic E-state index is -0.635. The number of halogens is 1. The molecule has 642 valence electrons. The molecule has 9 amide bonds. The maximum atomic E-state index is 13.7. The van der Waals surface area contributed by atoms with Crippen molar-refractivity contribution in [2.24, 2.45) is 40.2 Å². The number of benzene rings is 2. The van der Waals surface area contributed by atoms with Crippen LogP contribution in [0.25, 0.3) is 5.00 Å². The summed E-state index contributed by atoms with van der Waals surface area (Å²) in [5, 5.41) is 35.1. The van der Waals surface area contributed by atoms with Crippen LogP contribution in [0.1, 0.15) is 118 Å². The first-order valence-electron chi connectivity index (χ1n) is 38.8. The van der Waals surface area contributed by atoms with E-state index in [1.165, 1.54) is 55.1 Å². The number of aryl methyl sites for hydroxylation is 7. The van der Waals surface area contributed by atoms with Crippen LogP contribution in [0.3, 0.4) is 0 Å². The van der Waals surface area contributed by atoms with Crippen LogP contribution in [0.5, 0.6) is 5.75 Å².